The van der Waals surface area contributed by atoms with Crippen molar-refractivity contribution in [3.05, 3.63) is 38.8 Å². The molecular weight excluding hydrogens is 491 g/mol. The van der Waals surface area contributed by atoms with Gasteiger partial charge in [0.15, 0.2) is 0 Å². The molecule has 0 radical (unpaired) electrons. The van der Waals surface area contributed by atoms with Gasteiger partial charge in [-0.1, -0.05) is 0 Å². The molecule has 0 fully saturated rings. The lowest BCUT2D eigenvalue weighted by atomic mass is 9.93. The van der Waals surface area contributed by atoms with E-state index >= 15 is 0 Å². The van der Waals surface area contributed by atoms with Gasteiger partial charge in [0.1, 0.15) is 22.2 Å². The molecule has 190 valence electrons. The number of nitrogens with zero attached hydrogens (tertiary/aromatic N) is 2. The van der Waals surface area contributed by atoms with Gasteiger partial charge >= 0.3 is 6.03 Å². The van der Waals surface area contributed by atoms with E-state index in [4.69, 9.17) is 5.14 Å². The van der Waals surface area contributed by atoms with Crippen molar-refractivity contribution in [1.82, 2.24) is 0 Å². The van der Waals surface area contributed by atoms with E-state index in [1.165, 1.54) is 6.92 Å². The second-order valence-corrected chi connectivity index (χ2v) is 11.6. The van der Waals surface area contributed by atoms with Gasteiger partial charge < -0.3 is 15.5 Å². The lowest BCUT2D eigenvalue weighted by Gasteiger charge is -2.23. The highest BCUT2D eigenvalue weighted by Gasteiger charge is 2.30. The molecule has 3 rings (SSSR count). The number of anilines is 1. The van der Waals surface area contributed by atoms with Crippen LogP contribution in [0.4, 0.5) is 14.9 Å². The normalized spacial score (nSPS) is 17.4. The molecular formula is C24H31FN4O4S2. The van der Waals surface area contributed by atoms with Crippen LogP contribution in [0.3, 0.4) is 0 Å². The summed E-state index contributed by atoms with van der Waals surface area (Å²) in [6.07, 6.45) is 10.5. The first-order valence-corrected chi connectivity index (χ1v) is 13.8. The van der Waals surface area contributed by atoms with E-state index in [0.29, 0.717) is 5.69 Å². The van der Waals surface area contributed by atoms with E-state index in [0.717, 1.165) is 84.2 Å². The van der Waals surface area contributed by atoms with E-state index in [-0.39, 0.29) is 9.99 Å². The first kappa shape index (κ1) is 28.8. The summed E-state index contributed by atoms with van der Waals surface area (Å²) >= 11 is 0.779. The number of hydrogen-bond acceptors (Lipinski definition) is 6. The Balaban J connectivity index is 0.00000137. The van der Waals surface area contributed by atoms with Gasteiger partial charge in [0.2, 0.25) is 0 Å². The number of terminal acetylenes is 1. The summed E-state index contributed by atoms with van der Waals surface area (Å²) in [4.78, 5) is 12.7. The number of rotatable bonds is 7. The summed E-state index contributed by atoms with van der Waals surface area (Å²) in [5.41, 5.74) is 3.48. The van der Waals surface area contributed by atoms with Crippen LogP contribution >= 0.6 is 11.8 Å². The third kappa shape index (κ3) is 7.06. The zero-order valence-corrected chi connectivity index (χ0v) is 21.5. The van der Waals surface area contributed by atoms with Crippen molar-refractivity contribution in [2.24, 2.45) is 9.50 Å². The zero-order valence-electron chi connectivity index (χ0n) is 19.9. The fraction of sp³-hybridized carbons (Fsp3) is 0.500. The Morgan fingerprint density at radius 2 is 1.83 bits per heavy atom. The first-order chi connectivity index (χ1) is 16.5. The standard InChI is InChI=1S/C21H27FN4O4S2.C3H4/c1-21(29,11-27)18(8-9-22)31-12-32(24,30)26-20(28)25-19-15-6-2-4-13(15)17(10-23)14-5-3-7-16(14)19;1-3-2/h8,27,29H,2-7,9,11-12H2,1H3,(H3,24,25,26,28,30);1H,2H3/b18-8-;. The molecule has 2 aliphatic carbocycles. The molecule has 8 nitrogen and oxygen atoms in total. The van der Waals surface area contributed by atoms with Crippen molar-refractivity contribution in [3.8, 4) is 18.4 Å². The third-order valence-corrected chi connectivity index (χ3v) is 8.92. The van der Waals surface area contributed by atoms with Crippen molar-refractivity contribution >= 4 is 33.4 Å². The molecule has 0 aromatic heterocycles. The summed E-state index contributed by atoms with van der Waals surface area (Å²) in [7, 11) is -3.51. The van der Waals surface area contributed by atoms with E-state index in [1.807, 2.05) is 0 Å². The number of alkyl halides is 1. The molecule has 2 aliphatic rings. The van der Waals surface area contributed by atoms with Crippen LogP contribution in [0.1, 0.15) is 54.5 Å². The first-order valence-electron chi connectivity index (χ1n) is 11.1. The Morgan fingerprint density at radius 1 is 1.31 bits per heavy atom. The number of aliphatic hydroxyl groups is 2. The molecule has 1 aromatic carbocycles. The number of nitriles is 1. The van der Waals surface area contributed by atoms with E-state index < -0.39 is 34.8 Å². The Kier molecular flexibility index (Phi) is 10.3. The van der Waals surface area contributed by atoms with Crippen molar-refractivity contribution in [3.63, 3.8) is 0 Å². The Labute approximate surface area is 210 Å². The lowest BCUT2D eigenvalue weighted by Crippen LogP contribution is -2.31. The zero-order chi connectivity index (χ0) is 26.2. The number of amides is 2. The number of nitrogens with two attached hydrogens (primary N) is 1. The second kappa shape index (κ2) is 12.5. The molecule has 11 heteroatoms. The van der Waals surface area contributed by atoms with Crippen LogP contribution in [0.2, 0.25) is 0 Å². The van der Waals surface area contributed by atoms with Gasteiger partial charge in [-0.05, 0) is 80.7 Å². The Bertz CT molecular complexity index is 1170. The average Bonchev–Trinajstić information content (AvgIpc) is 3.47. The van der Waals surface area contributed by atoms with Crippen molar-refractivity contribution in [1.29, 1.82) is 5.26 Å². The number of halogens is 1. The smallest absolute Gasteiger partial charge is 0.354 e. The van der Waals surface area contributed by atoms with Crippen molar-refractivity contribution in [2.75, 3.05) is 23.7 Å². The molecule has 0 heterocycles. The number of urea groups is 1. The van der Waals surface area contributed by atoms with Gasteiger partial charge in [0, 0.05) is 10.6 Å². The molecule has 0 saturated heterocycles. The molecule has 35 heavy (non-hydrogen) atoms. The minimum absolute atomic E-state index is 0.0546. The molecule has 0 saturated carbocycles. The summed E-state index contributed by atoms with van der Waals surface area (Å²) in [5, 5.41) is 37.2. The number of aliphatic hydroxyl groups excluding tert-OH is 1. The number of thioether (sulfide) groups is 1. The summed E-state index contributed by atoms with van der Waals surface area (Å²) < 4.78 is 29.1. The Hall–Kier alpha value is -2.41. The van der Waals surface area contributed by atoms with Crippen LogP contribution in [-0.2, 0) is 35.6 Å². The molecule has 5 N–H and O–H groups in total. The number of carbonyl (C=O) groups is 1. The predicted molar refractivity (Wildman–Crippen MR) is 138 cm³/mol. The summed E-state index contributed by atoms with van der Waals surface area (Å²) in [5.74, 6) is 2.25. The van der Waals surface area contributed by atoms with Gasteiger partial charge in [-0.2, -0.15) is 5.26 Å². The highest BCUT2D eigenvalue weighted by molar-refractivity contribution is 8.14. The van der Waals surface area contributed by atoms with Gasteiger partial charge in [-0.25, -0.2) is 18.5 Å². The second-order valence-electron chi connectivity index (χ2n) is 8.40. The SMILES string of the molecule is C#CC.CC(O)(CO)/C(=C/CF)SCS(N)(=O)=NC(=O)Nc1c2c(c(C#N)c3c1CCC3)CCC2. The predicted octanol–water partition coefficient (Wildman–Crippen LogP) is 3.34. The maximum atomic E-state index is 12.8. The minimum Gasteiger partial charge on any atom is -0.393 e. The van der Waals surface area contributed by atoms with Gasteiger partial charge in [0.05, 0.1) is 23.3 Å². The third-order valence-electron chi connectivity index (χ3n) is 5.71. The molecule has 1 aromatic rings. The van der Waals surface area contributed by atoms with Gasteiger partial charge in [-0.15, -0.1) is 28.5 Å². The van der Waals surface area contributed by atoms with Crippen molar-refractivity contribution in [2.45, 2.75) is 58.0 Å². The summed E-state index contributed by atoms with van der Waals surface area (Å²) in [6.45, 7) is 1.39. The maximum absolute atomic E-state index is 12.8. The number of nitrogens with one attached hydrogen (secondary N) is 1. The van der Waals surface area contributed by atoms with Crippen LogP contribution in [0.5, 0.6) is 0 Å². The number of fused-ring (bicyclic) bond motifs is 2. The molecule has 0 bridgehead atoms. The molecule has 0 aliphatic heterocycles. The van der Waals surface area contributed by atoms with Crippen LogP contribution in [0.25, 0.3) is 0 Å². The molecule has 2 atom stereocenters. The van der Waals surface area contributed by atoms with E-state index in [9.17, 15) is 28.9 Å². The largest absolute Gasteiger partial charge is 0.393 e. The highest BCUT2D eigenvalue weighted by Crippen LogP contribution is 2.41. The number of benzene rings is 1. The van der Waals surface area contributed by atoms with Crippen LogP contribution in [-0.4, -0.2) is 44.4 Å². The summed E-state index contributed by atoms with van der Waals surface area (Å²) in [6, 6.07) is 1.48. The topological polar surface area (TPSA) is 149 Å². The number of allylic oxidation sites excluding steroid dienone is 1. The average molecular weight is 523 g/mol. The van der Waals surface area contributed by atoms with E-state index in [1.54, 1.807) is 6.92 Å². The number of hydrogen-bond donors (Lipinski definition) is 4. The van der Waals surface area contributed by atoms with Gasteiger partial charge in [0.25, 0.3) is 0 Å². The van der Waals surface area contributed by atoms with Crippen LogP contribution in [0, 0.1) is 23.7 Å². The van der Waals surface area contributed by atoms with Crippen LogP contribution in [0.15, 0.2) is 15.3 Å². The minimum atomic E-state index is -3.51. The van der Waals surface area contributed by atoms with E-state index in [2.05, 4.69) is 28.1 Å². The molecule has 2 unspecified atom stereocenters. The van der Waals surface area contributed by atoms with Crippen LogP contribution < -0.4 is 10.5 Å². The molecule has 2 amide bonds. The molecule has 0 spiro atoms. The highest BCUT2D eigenvalue weighted by atomic mass is 32.3. The monoisotopic (exact) mass is 522 g/mol. The Morgan fingerprint density at radius 3 is 2.29 bits per heavy atom. The van der Waals surface area contributed by atoms with Crippen molar-refractivity contribution < 1.29 is 23.6 Å². The fourth-order valence-corrected chi connectivity index (χ4v) is 6.54. The fourth-order valence-electron chi connectivity index (χ4n) is 4.27. The lowest BCUT2D eigenvalue weighted by molar-refractivity contribution is 0.0400. The number of carbonyl (C=O) groups excluding carboxylic acids is 1. The van der Waals surface area contributed by atoms with Gasteiger partial charge in [-0.3, -0.25) is 0 Å². The quantitative estimate of drug-likeness (QED) is 0.404. The maximum Gasteiger partial charge on any atom is 0.354 e.